The quantitative estimate of drug-likeness (QED) is 0.465. The average molecular weight is 381 g/mol. The normalized spacial score (nSPS) is 10.7. The van der Waals surface area contributed by atoms with Crippen LogP contribution in [-0.2, 0) is 6.54 Å². The zero-order valence-corrected chi connectivity index (χ0v) is 16.6. The van der Waals surface area contributed by atoms with Crippen molar-refractivity contribution >= 4 is 28.2 Å². The molecule has 0 saturated carbocycles. The van der Waals surface area contributed by atoms with Gasteiger partial charge in [0, 0.05) is 17.6 Å². The maximum Gasteiger partial charge on any atom is 0.257 e. The fourth-order valence-corrected chi connectivity index (χ4v) is 3.36. The van der Waals surface area contributed by atoms with Crippen LogP contribution in [0.25, 0.3) is 10.9 Å². The number of amides is 1. The van der Waals surface area contributed by atoms with Gasteiger partial charge in [0.25, 0.3) is 5.91 Å². The first kappa shape index (κ1) is 18.7. The molecule has 0 bridgehead atoms. The minimum atomic E-state index is -0.168. The lowest BCUT2D eigenvalue weighted by atomic mass is 10.1. The van der Waals surface area contributed by atoms with Crippen molar-refractivity contribution in [3.63, 3.8) is 0 Å². The number of para-hydroxylation sites is 3. The summed E-state index contributed by atoms with van der Waals surface area (Å²) in [5.74, 6) is -0.168. The van der Waals surface area contributed by atoms with Gasteiger partial charge in [-0.2, -0.15) is 0 Å². The number of nitrogens with one attached hydrogen (secondary N) is 2. The standard InChI is InChI=1S/C25H23N3O/c1-17-8-3-4-9-20(17)16-26-22-12-5-6-13-23(22)28-25(29)21-11-7-10-19-15-14-18(2)27-24(19)21/h3-15,26H,16H2,1-2H3,(H,28,29). The van der Waals surface area contributed by atoms with Crippen LogP contribution in [0, 0.1) is 13.8 Å². The molecule has 0 unspecified atom stereocenters. The van der Waals surface area contributed by atoms with Crippen LogP contribution in [0.3, 0.4) is 0 Å². The van der Waals surface area contributed by atoms with Crippen LogP contribution < -0.4 is 10.6 Å². The second-order valence-corrected chi connectivity index (χ2v) is 7.11. The summed E-state index contributed by atoms with van der Waals surface area (Å²) in [5.41, 5.74) is 6.26. The van der Waals surface area contributed by atoms with Crippen molar-refractivity contribution in [2.45, 2.75) is 20.4 Å². The number of anilines is 2. The zero-order valence-electron chi connectivity index (χ0n) is 16.6. The molecule has 0 saturated heterocycles. The fraction of sp³-hybridized carbons (Fsp3) is 0.120. The van der Waals surface area contributed by atoms with Gasteiger partial charge in [-0.15, -0.1) is 0 Å². The largest absolute Gasteiger partial charge is 0.379 e. The number of aryl methyl sites for hydroxylation is 2. The predicted octanol–water partition coefficient (Wildman–Crippen LogP) is 5.72. The van der Waals surface area contributed by atoms with Gasteiger partial charge in [-0.25, -0.2) is 0 Å². The highest BCUT2D eigenvalue weighted by Crippen LogP contribution is 2.24. The Morgan fingerprint density at radius 1 is 0.828 bits per heavy atom. The number of aromatic nitrogens is 1. The van der Waals surface area contributed by atoms with E-state index in [1.165, 1.54) is 11.1 Å². The molecule has 0 radical (unpaired) electrons. The third kappa shape index (κ3) is 4.11. The van der Waals surface area contributed by atoms with Gasteiger partial charge in [0.15, 0.2) is 0 Å². The number of nitrogens with zero attached hydrogens (tertiary/aromatic N) is 1. The van der Waals surface area contributed by atoms with Gasteiger partial charge >= 0.3 is 0 Å². The lowest BCUT2D eigenvalue weighted by Crippen LogP contribution is -2.14. The molecule has 1 aromatic heterocycles. The Kier molecular flexibility index (Phi) is 5.25. The molecular formula is C25H23N3O. The summed E-state index contributed by atoms with van der Waals surface area (Å²) in [7, 11) is 0. The van der Waals surface area contributed by atoms with Crippen LogP contribution in [0.15, 0.2) is 78.9 Å². The second-order valence-electron chi connectivity index (χ2n) is 7.11. The van der Waals surface area contributed by atoms with Crippen molar-refractivity contribution in [3.8, 4) is 0 Å². The summed E-state index contributed by atoms with van der Waals surface area (Å²) in [4.78, 5) is 17.6. The molecule has 0 aliphatic carbocycles. The van der Waals surface area contributed by atoms with E-state index in [0.29, 0.717) is 12.1 Å². The van der Waals surface area contributed by atoms with Gasteiger partial charge in [0.05, 0.1) is 22.5 Å². The summed E-state index contributed by atoms with van der Waals surface area (Å²) >= 11 is 0. The first-order valence-electron chi connectivity index (χ1n) is 9.67. The molecule has 2 N–H and O–H groups in total. The molecule has 4 heteroatoms. The van der Waals surface area contributed by atoms with E-state index >= 15 is 0 Å². The minimum absolute atomic E-state index is 0.168. The fourth-order valence-electron chi connectivity index (χ4n) is 3.36. The van der Waals surface area contributed by atoms with E-state index in [1.54, 1.807) is 0 Å². The van der Waals surface area contributed by atoms with E-state index in [2.05, 4.69) is 34.7 Å². The summed E-state index contributed by atoms with van der Waals surface area (Å²) in [5, 5.41) is 7.44. The Morgan fingerprint density at radius 3 is 2.41 bits per heavy atom. The highest BCUT2D eigenvalue weighted by atomic mass is 16.1. The first-order valence-corrected chi connectivity index (χ1v) is 9.67. The van der Waals surface area contributed by atoms with Crippen molar-refractivity contribution in [1.82, 2.24) is 4.98 Å². The van der Waals surface area contributed by atoms with Gasteiger partial charge in [-0.05, 0) is 49.2 Å². The van der Waals surface area contributed by atoms with Crippen LogP contribution in [0.5, 0.6) is 0 Å². The zero-order chi connectivity index (χ0) is 20.2. The van der Waals surface area contributed by atoms with E-state index in [4.69, 9.17) is 0 Å². The van der Waals surface area contributed by atoms with Gasteiger partial charge in [0.2, 0.25) is 0 Å². The van der Waals surface area contributed by atoms with Crippen molar-refractivity contribution < 1.29 is 4.79 Å². The molecule has 1 heterocycles. The molecule has 0 aliphatic rings. The Morgan fingerprint density at radius 2 is 1.59 bits per heavy atom. The smallest absolute Gasteiger partial charge is 0.257 e. The Balaban J connectivity index is 1.58. The highest BCUT2D eigenvalue weighted by Gasteiger charge is 2.13. The number of rotatable bonds is 5. The first-order chi connectivity index (χ1) is 14.1. The van der Waals surface area contributed by atoms with Gasteiger partial charge in [0.1, 0.15) is 0 Å². The molecule has 4 rings (SSSR count). The molecule has 29 heavy (non-hydrogen) atoms. The molecule has 0 fully saturated rings. The van der Waals surface area contributed by atoms with Crippen molar-refractivity contribution in [1.29, 1.82) is 0 Å². The molecule has 0 spiro atoms. The third-order valence-corrected chi connectivity index (χ3v) is 5.01. The maximum absolute atomic E-state index is 13.0. The van der Waals surface area contributed by atoms with Crippen molar-refractivity contribution in [3.05, 3.63) is 101 Å². The Hall–Kier alpha value is -3.66. The number of carbonyl (C=O) groups excluding carboxylic acids is 1. The number of fused-ring (bicyclic) bond motifs is 1. The summed E-state index contributed by atoms with van der Waals surface area (Å²) in [6, 6.07) is 25.6. The van der Waals surface area contributed by atoms with E-state index in [9.17, 15) is 4.79 Å². The topological polar surface area (TPSA) is 54.0 Å². The van der Waals surface area contributed by atoms with Crippen LogP contribution in [0.4, 0.5) is 11.4 Å². The van der Waals surface area contributed by atoms with Crippen LogP contribution >= 0.6 is 0 Å². The predicted molar refractivity (Wildman–Crippen MR) is 119 cm³/mol. The Bertz CT molecular complexity index is 1180. The van der Waals surface area contributed by atoms with Crippen LogP contribution in [-0.4, -0.2) is 10.9 Å². The Labute approximate surface area is 170 Å². The van der Waals surface area contributed by atoms with Gasteiger partial charge in [-0.1, -0.05) is 54.6 Å². The molecule has 144 valence electrons. The molecule has 1 amide bonds. The number of benzene rings is 3. The third-order valence-electron chi connectivity index (χ3n) is 5.01. The number of carbonyl (C=O) groups is 1. The number of hydrogen-bond acceptors (Lipinski definition) is 3. The van der Waals surface area contributed by atoms with E-state index in [0.717, 1.165) is 28.0 Å². The SMILES string of the molecule is Cc1ccc2cccc(C(=O)Nc3ccccc3NCc3ccccc3C)c2n1. The molecule has 0 aliphatic heterocycles. The maximum atomic E-state index is 13.0. The average Bonchev–Trinajstić information content (AvgIpc) is 2.73. The number of pyridine rings is 1. The van der Waals surface area contributed by atoms with Gasteiger partial charge < -0.3 is 10.6 Å². The lowest BCUT2D eigenvalue weighted by molar-refractivity contribution is 0.102. The highest BCUT2D eigenvalue weighted by molar-refractivity contribution is 6.12. The van der Waals surface area contributed by atoms with Crippen LogP contribution in [0.1, 0.15) is 27.2 Å². The van der Waals surface area contributed by atoms with Gasteiger partial charge in [-0.3, -0.25) is 9.78 Å². The molecular weight excluding hydrogens is 358 g/mol. The van der Waals surface area contributed by atoms with Crippen LogP contribution in [0.2, 0.25) is 0 Å². The second kappa shape index (κ2) is 8.15. The minimum Gasteiger partial charge on any atom is -0.379 e. The summed E-state index contributed by atoms with van der Waals surface area (Å²) < 4.78 is 0. The van der Waals surface area contributed by atoms with E-state index < -0.39 is 0 Å². The van der Waals surface area contributed by atoms with Crippen molar-refractivity contribution in [2.24, 2.45) is 0 Å². The summed E-state index contributed by atoms with van der Waals surface area (Å²) in [6.45, 7) is 4.72. The molecule has 4 nitrogen and oxygen atoms in total. The molecule has 4 aromatic rings. The van der Waals surface area contributed by atoms with Crippen molar-refractivity contribution in [2.75, 3.05) is 10.6 Å². The summed E-state index contributed by atoms with van der Waals surface area (Å²) in [6.07, 6.45) is 0. The molecule has 0 atom stereocenters. The lowest BCUT2D eigenvalue weighted by Gasteiger charge is -2.14. The van der Waals surface area contributed by atoms with E-state index in [-0.39, 0.29) is 5.91 Å². The monoisotopic (exact) mass is 381 g/mol. The number of hydrogen-bond donors (Lipinski definition) is 2. The van der Waals surface area contributed by atoms with E-state index in [1.807, 2.05) is 73.7 Å². The molecule has 3 aromatic carbocycles.